The number of nitrogens with zero attached hydrogens (tertiary/aromatic N) is 1. The predicted molar refractivity (Wildman–Crippen MR) is 62.4 cm³/mol. The number of halogens is 1. The predicted octanol–water partition coefficient (Wildman–Crippen LogP) is 0.476. The van der Waals surface area contributed by atoms with Gasteiger partial charge in [0, 0.05) is 25.3 Å². The van der Waals surface area contributed by atoms with Crippen LogP contribution in [0.1, 0.15) is 12.8 Å². The maximum Gasteiger partial charge on any atom is 0.244 e. The van der Waals surface area contributed by atoms with Crippen molar-refractivity contribution in [1.82, 2.24) is 14.9 Å². The molecule has 0 bridgehead atoms. The van der Waals surface area contributed by atoms with Crippen LogP contribution in [0.3, 0.4) is 0 Å². The van der Waals surface area contributed by atoms with Crippen LogP contribution >= 0.6 is 11.6 Å². The zero-order chi connectivity index (χ0) is 12.4. The molecule has 1 aliphatic heterocycles. The Morgan fingerprint density at radius 3 is 2.76 bits per heavy atom. The Hall–Kier alpha value is -0.630. The third-order valence-electron chi connectivity index (χ3n) is 2.84. The molecule has 0 amide bonds. The van der Waals surface area contributed by atoms with Gasteiger partial charge in [-0.1, -0.05) is 0 Å². The maximum atomic E-state index is 12.1. The largest absolute Gasteiger partial charge is 0.381 e. The van der Waals surface area contributed by atoms with Gasteiger partial charge in [0.05, 0.1) is 11.7 Å². The molecule has 0 saturated carbocycles. The lowest BCUT2D eigenvalue weighted by molar-refractivity contribution is 0.0549. The quantitative estimate of drug-likeness (QED) is 0.785. The number of H-pyrrole nitrogens is 1. The van der Waals surface area contributed by atoms with Crippen molar-refractivity contribution in [3.05, 3.63) is 12.4 Å². The molecular formula is C9H14ClN3O3S. The molecule has 2 heterocycles. The molecule has 2 N–H and O–H groups in total. The molecule has 6 nitrogen and oxygen atoms in total. The lowest BCUT2D eigenvalue weighted by Crippen LogP contribution is -2.53. The molecule has 0 aromatic carbocycles. The Morgan fingerprint density at radius 2 is 2.24 bits per heavy atom. The van der Waals surface area contributed by atoms with Crippen LogP contribution in [-0.2, 0) is 14.8 Å². The van der Waals surface area contributed by atoms with E-state index in [2.05, 4.69) is 14.9 Å². The summed E-state index contributed by atoms with van der Waals surface area (Å²) in [6.07, 6.45) is 3.76. The Bertz CT molecular complexity index is 454. The second-order valence-electron chi connectivity index (χ2n) is 4.07. The number of alkyl halides is 1. The van der Waals surface area contributed by atoms with Crippen molar-refractivity contribution >= 4 is 21.6 Å². The van der Waals surface area contributed by atoms with Crippen molar-refractivity contribution < 1.29 is 13.2 Å². The van der Waals surface area contributed by atoms with Gasteiger partial charge < -0.3 is 4.74 Å². The zero-order valence-corrected chi connectivity index (χ0v) is 10.7. The van der Waals surface area contributed by atoms with Gasteiger partial charge in [-0.3, -0.25) is 5.10 Å². The summed E-state index contributed by atoms with van der Waals surface area (Å²) in [6.45, 7) is 1.03. The number of ether oxygens (including phenoxy) is 1. The van der Waals surface area contributed by atoms with Gasteiger partial charge in [0.15, 0.2) is 0 Å². The van der Waals surface area contributed by atoms with Gasteiger partial charge in [0.1, 0.15) is 4.90 Å². The van der Waals surface area contributed by atoms with E-state index in [1.54, 1.807) is 0 Å². The Morgan fingerprint density at radius 1 is 1.53 bits per heavy atom. The highest BCUT2D eigenvalue weighted by Gasteiger charge is 2.36. The van der Waals surface area contributed by atoms with E-state index in [-0.39, 0.29) is 10.8 Å². The highest BCUT2D eigenvalue weighted by atomic mass is 35.5. The van der Waals surface area contributed by atoms with Crippen molar-refractivity contribution in [2.24, 2.45) is 0 Å². The van der Waals surface area contributed by atoms with E-state index in [0.29, 0.717) is 26.1 Å². The van der Waals surface area contributed by atoms with Crippen molar-refractivity contribution in [1.29, 1.82) is 0 Å². The Labute approximate surface area is 105 Å². The first-order valence-electron chi connectivity index (χ1n) is 5.24. The smallest absolute Gasteiger partial charge is 0.244 e. The third kappa shape index (κ3) is 2.79. The highest BCUT2D eigenvalue weighted by molar-refractivity contribution is 7.89. The summed E-state index contributed by atoms with van der Waals surface area (Å²) in [5.41, 5.74) is -0.615. The van der Waals surface area contributed by atoms with E-state index >= 15 is 0 Å². The average Bonchev–Trinajstić information content (AvgIpc) is 2.84. The summed E-state index contributed by atoms with van der Waals surface area (Å²) in [5, 5.41) is 6.11. The van der Waals surface area contributed by atoms with Crippen LogP contribution in [0.5, 0.6) is 0 Å². The van der Waals surface area contributed by atoms with E-state index in [1.165, 1.54) is 12.4 Å². The van der Waals surface area contributed by atoms with Gasteiger partial charge in [-0.25, -0.2) is 13.1 Å². The van der Waals surface area contributed by atoms with Crippen molar-refractivity contribution in [3.63, 3.8) is 0 Å². The summed E-state index contributed by atoms with van der Waals surface area (Å²) in [4.78, 5) is 0.119. The van der Waals surface area contributed by atoms with E-state index in [1.807, 2.05) is 0 Å². The molecule has 17 heavy (non-hydrogen) atoms. The van der Waals surface area contributed by atoms with Gasteiger partial charge in [-0.05, 0) is 12.8 Å². The number of aromatic amines is 1. The van der Waals surface area contributed by atoms with Crippen LogP contribution in [0, 0.1) is 0 Å². The van der Waals surface area contributed by atoms with Crippen molar-refractivity contribution in [3.8, 4) is 0 Å². The second kappa shape index (κ2) is 4.93. The molecule has 1 aromatic heterocycles. The van der Waals surface area contributed by atoms with Crippen LogP contribution < -0.4 is 4.72 Å². The fourth-order valence-corrected chi connectivity index (χ4v) is 3.53. The lowest BCUT2D eigenvalue weighted by Gasteiger charge is -2.35. The van der Waals surface area contributed by atoms with E-state index in [4.69, 9.17) is 16.3 Å². The van der Waals surface area contributed by atoms with Gasteiger partial charge in [0.2, 0.25) is 10.0 Å². The normalized spacial score (nSPS) is 20.3. The molecule has 0 atom stereocenters. The molecular weight excluding hydrogens is 266 g/mol. The summed E-state index contributed by atoms with van der Waals surface area (Å²) in [5.74, 6) is 0.230. The molecule has 1 aromatic rings. The third-order valence-corrected chi connectivity index (χ3v) is 4.90. The van der Waals surface area contributed by atoms with Crippen LogP contribution in [0.25, 0.3) is 0 Å². The summed E-state index contributed by atoms with van der Waals surface area (Å²) < 4.78 is 32.0. The molecule has 1 saturated heterocycles. The molecule has 0 spiro atoms. The molecule has 2 rings (SSSR count). The first-order valence-corrected chi connectivity index (χ1v) is 7.26. The monoisotopic (exact) mass is 279 g/mol. The molecule has 1 fully saturated rings. The molecule has 0 aliphatic carbocycles. The molecule has 1 aliphatic rings. The number of rotatable bonds is 4. The van der Waals surface area contributed by atoms with E-state index in [9.17, 15) is 8.42 Å². The minimum Gasteiger partial charge on any atom is -0.381 e. The highest BCUT2D eigenvalue weighted by Crippen LogP contribution is 2.24. The molecule has 8 heteroatoms. The fourth-order valence-electron chi connectivity index (χ4n) is 1.76. The number of nitrogens with one attached hydrogen (secondary N) is 2. The fraction of sp³-hybridized carbons (Fsp3) is 0.667. The summed E-state index contributed by atoms with van der Waals surface area (Å²) >= 11 is 5.90. The first-order chi connectivity index (χ1) is 8.08. The SMILES string of the molecule is O=S(=O)(NC1(CCl)CCOCC1)c1cn[nH]c1. The maximum absolute atomic E-state index is 12.1. The van der Waals surface area contributed by atoms with Crippen LogP contribution in [-0.4, -0.2) is 43.2 Å². The second-order valence-corrected chi connectivity index (χ2v) is 6.02. The minimum absolute atomic E-state index is 0.119. The summed E-state index contributed by atoms with van der Waals surface area (Å²) in [7, 11) is -3.57. The van der Waals surface area contributed by atoms with E-state index < -0.39 is 15.6 Å². The summed E-state index contributed by atoms with van der Waals surface area (Å²) in [6, 6.07) is 0. The van der Waals surface area contributed by atoms with Crippen molar-refractivity contribution in [2.45, 2.75) is 23.3 Å². The Balaban J connectivity index is 2.19. The number of hydrogen-bond acceptors (Lipinski definition) is 4. The van der Waals surface area contributed by atoms with Gasteiger partial charge in [0.25, 0.3) is 0 Å². The molecule has 0 radical (unpaired) electrons. The number of aromatic nitrogens is 2. The van der Waals surface area contributed by atoms with Crippen LogP contribution in [0.15, 0.2) is 17.3 Å². The molecule has 96 valence electrons. The number of hydrogen-bond donors (Lipinski definition) is 2. The number of sulfonamides is 1. The van der Waals surface area contributed by atoms with Gasteiger partial charge >= 0.3 is 0 Å². The van der Waals surface area contributed by atoms with Crippen molar-refractivity contribution in [2.75, 3.05) is 19.1 Å². The van der Waals surface area contributed by atoms with Crippen LogP contribution in [0.4, 0.5) is 0 Å². The van der Waals surface area contributed by atoms with E-state index in [0.717, 1.165) is 0 Å². The Kier molecular flexibility index (Phi) is 3.72. The zero-order valence-electron chi connectivity index (χ0n) is 9.15. The van der Waals surface area contributed by atoms with Gasteiger partial charge in [-0.15, -0.1) is 11.6 Å². The molecule has 0 unspecified atom stereocenters. The van der Waals surface area contributed by atoms with Gasteiger partial charge in [-0.2, -0.15) is 5.10 Å². The lowest BCUT2D eigenvalue weighted by atomic mass is 9.94. The average molecular weight is 280 g/mol. The topological polar surface area (TPSA) is 84.1 Å². The minimum atomic E-state index is -3.57. The standard InChI is InChI=1S/C9H14ClN3O3S/c10-7-9(1-3-16-4-2-9)13-17(14,15)8-5-11-12-6-8/h5-6,13H,1-4,7H2,(H,11,12). The first kappa shape index (κ1) is 12.8. The van der Waals surface area contributed by atoms with Crippen LogP contribution in [0.2, 0.25) is 0 Å².